The highest BCUT2D eigenvalue weighted by Gasteiger charge is 2.42. The van der Waals surface area contributed by atoms with Crippen molar-refractivity contribution in [1.29, 1.82) is 0 Å². The molecule has 9 nitrogen and oxygen atoms in total. The molecule has 1 aliphatic heterocycles. The molecule has 0 spiro atoms. The minimum atomic E-state index is -3.67. The van der Waals surface area contributed by atoms with Gasteiger partial charge in [0, 0.05) is 32.0 Å². The number of sulfonamides is 1. The van der Waals surface area contributed by atoms with Gasteiger partial charge in [0.25, 0.3) is 0 Å². The van der Waals surface area contributed by atoms with E-state index in [1.54, 1.807) is 17.3 Å². The minimum absolute atomic E-state index is 0.118. The maximum absolute atomic E-state index is 13.8. The summed E-state index contributed by atoms with van der Waals surface area (Å²) in [6.45, 7) is 5.20. The number of benzene rings is 1. The molecule has 1 saturated carbocycles. The van der Waals surface area contributed by atoms with Crippen LogP contribution < -0.4 is 0 Å². The van der Waals surface area contributed by atoms with Gasteiger partial charge in [0.2, 0.25) is 15.9 Å². The smallest absolute Gasteiger partial charge is 0.241 e. The molecule has 1 unspecified atom stereocenters. The van der Waals surface area contributed by atoms with Crippen LogP contribution in [-0.4, -0.2) is 61.8 Å². The lowest BCUT2D eigenvalue weighted by atomic mass is 9.89. The summed E-state index contributed by atoms with van der Waals surface area (Å²) in [4.78, 5) is 19.5. The normalized spacial score (nSPS) is 20.8. The first kappa shape index (κ1) is 27.5. The van der Waals surface area contributed by atoms with Crippen molar-refractivity contribution in [2.75, 3.05) is 12.3 Å². The van der Waals surface area contributed by atoms with Crippen molar-refractivity contribution in [3.63, 3.8) is 0 Å². The molecule has 0 N–H and O–H groups in total. The van der Waals surface area contributed by atoms with Crippen LogP contribution >= 0.6 is 0 Å². The van der Waals surface area contributed by atoms with E-state index in [0.717, 1.165) is 23.2 Å². The van der Waals surface area contributed by atoms with Crippen molar-refractivity contribution in [3.05, 3.63) is 66.2 Å². The Morgan fingerprint density at radius 2 is 1.64 bits per heavy atom. The molecule has 3 aromatic rings. The summed E-state index contributed by atoms with van der Waals surface area (Å²) in [5, 5.41) is 8.62. The van der Waals surface area contributed by atoms with Crippen LogP contribution in [0.4, 0.5) is 0 Å². The Morgan fingerprint density at radius 3 is 2.33 bits per heavy atom. The van der Waals surface area contributed by atoms with E-state index in [1.165, 1.54) is 36.4 Å². The summed E-state index contributed by atoms with van der Waals surface area (Å²) in [6, 6.07) is 10.9. The van der Waals surface area contributed by atoms with Gasteiger partial charge in [0.15, 0.2) is 0 Å². The standard InChI is InChI=1S/C29H38N6O3S/c1-22(2)28-29(36)33(20-27-21-34(32-31-27)18-23-6-4-3-5-7-23)16-17-39(37,38)35(28)19-24-8-10-25(11-9-24)26-12-14-30-15-13-26/h8-15,21-23,28H,3-7,16-20H2,1-2H3. The Balaban J connectivity index is 1.31. The number of hydrogen-bond acceptors (Lipinski definition) is 6. The molecule has 1 amide bonds. The SMILES string of the molecule is CC(C)C1C(=O)N(Cc2cn(CC3CCCCC3)nn2)CCS(=O)(=O)N1Cc1ccc(-c2ccncc2)cc1. The fourth-order valence-electron chi connectivity index (χ4n) is 5.76. The minimum Gasteiger partial charge on any atom is -0.334 e. The number of amides is 1. The number of rotatable bonds is 8. The summed E-state index contributed by atoms with van der Waals surface area (Å²) >= 11 is 0. The van der Waals surface area contributed by atoms with E-state index in [-0.39, 0.29) is 37.2 Å². The van der Waals surface area contributed by atoms with Gasteiger partial charge in [0.1, 0.15) is 11.7 Å². The fourth-order valence-corrected chi connectivity index (χ4v) is 7.48. The molecule has 1 aliphatic carbocycles. The van der Waals surface area contributed by atoms with Crippen molar-refractivity contribution in [2.24, 2.45) is 11.8 Å². The van der Waals surface area contributed by atoms with Crippen molar-refractivity contribution < 1.29 is 13.2 Å². The molecule has 5 rings (SSSR count). The number of aromatic nitrogens is 4. The van der Waals surface area contributed by atoms with Crippen LogP contribution in [0, 0.1) is 11.8 Å². The van der Waals surface area contributed by atoms with E-state index < -0.39 is 16.1 Å². The van der Waals surface area contributed by atoms with Crippen LogP contribution in [0.3, 0.4) is 0 Å². The predicted octanol–water partition coefficient (Wildman–Crippen LogP) is 4.12. The summed E-state index contributed by atoms with van der Waals surface area (Å²) in [5.41, 5.74) is 3.60. The molecule has 2 aliphatic rings. The molecule has 208 valence electrons. The average Bonchev–Trinajstić information content (AvgIpc) is 3.35. The van der Waals surface area contributed by atoms with Gasteiger partial charge >= 0.3 is 0 Å². The van der Waals surface area contributed by atoms with E-state index >= 15 is 0 Å². The van der Waals surface area contributed by atoms with Gasteiger partial charge < -0.3 is 4.90 Å². The van der Waals surface area contributed by atoms with Gasteiger partial charge in [0.05, 0.1) is 18.5 Å². The zero-order valence-electron chi connectivity index (χ0n) is 22.8. The van der Waals surface area contributed by atoms with Crippen molar-refractivity contribution in [1.82, 2.24) is 29.2 Å². The Morgan fingerprint density at radius 1 is 0.949 bits per heavy atom. The maximum atomic E-state index is 13.8. The first-order chi connectivity index (χ1) is 18.8. The molecule has 3 heterocycles. The fraction of sp³-hybridized carbons (Fsp3) is 0.517. The second kappa shape index (κ2) is 12.0. The number of hydrogen-bond donors (Lipinski definition) is 0. The van der Waals surface area contributed by atoms with Crippen LogP contribution in [0.1, 0.15) is 57.2 Å². The molecular weight excluding hydrogens is 512 g/mol. The molecule has 2 fully saturated rings. The lowest BCUT2D eigenvalue weighted by molar-refractivity contribution is -0.136. The van der Waals surface area contributed by atoms with Gasteiger partial charge in [-0.25, -0.2) is 8.42 Å². The summed E-state index contributed by atoms with van der Waals surface area (Å²) in [7, 11) is -3.67. The Kier molecular flexibility index (Phi) is 8.42. The van der Waals surface area contributed by atoms with Crippen LogP contribution in [-0.2, 0) is 34.5 Å². The third kappa shape index (κ3) is 6.55. The summed E-state index contributed by atoms with van der Waals surface area (Å²) in [5.74, 6) is 0.135. The van der Waals surface area contributed by atoms with E-state index in [4.69, 9.17) is 0 Å². The van der Waals surface area contributed by atoms with Gasteiger partial charge in [-0.15, -0.1) is 5.10 Å². The molecule has 1 atom stereocenters. The lowest BCUT2D eigenvalue weighted by Crippen LogP contribution is -2.49. The first-order valence-corrected chi connectivity index (χ1v) is 15.6. The molecule has 0 radical (unpaired) electrons. The topological polar surface area (TPSA) is 101 Å². The molecule has 1 aromatic carbocycles. The summed E-state index contributed by atoms with van der Waals surface area (Å²) in [6.07, 6.45) is 11.7. The van der Waals surface area contributed by atoms with E-state index in [2.05, 4.69) is 15.3 Å². The molecule has 2 aromatic heterocycles. The highest BCUT2D eigenvalue weighted by Crippen LogP contribution is 2.27. The summed E-state index contributed by atoms with van der Waals surface area (Å²) < 4.78 is 30.3. The largest absolute Gasteiger partial charge is 0.334 e. The second-order valence-corrected chi connectivity index (χ2v) is 13.2. The monoisotopic (exact) mass is 550 g/mol. The first-order valence-electron chi connectivity index (χ1n) is 14.0. The molecule has 1 saturated heterocycles. The number of nitrogens with zero attached hydrogens (tertiary/aromatic N) is 6. The quantitative estimate of drug-likeness (QED) is 0.418. The third-order valence-corrected chi connectivity index (χ3v) is 9.67. The maximum Gasteiger partial charge on any atom is 0.241 e. The van der Waals surface area contributed by atoms with Gasteiger partial charge in [-0.05, 0) is 53.5 Å². The van der Waals surface area contributed by atoms with Crippen LogP contribution in [0.2, 0.25) is 0 Å². The van der Waals surface area contributed by atoms with Crippen LogP contribution in [0.5, 0.6) is 0 Å². The van der Waals surface area contributed by atoms with Gasteiger partial charge in [-0.2, -0.15) is 4.31 Å². The molecular formula is C29H38N6O3S. The lowest BCUT2D eigenvalue weighted by Gasteiger charge is -2.32. The zero-order chi connectivity index (χ0) is 27.4. The number of carbonyl (C=O) groups is 1. The number of carbonyl (C=O) groups excluding carboxylic acids is 1. The zero-order valence-corrected chi connectivity index (χ0v) is 23.6. The predicted molar refractivity (Wildman–Crippen MR) is 150 cm³/mol. The Hall–Kier alpha value is -3.11. The van der Waals surface area contributed by atoms with Crippen molar-refractivity contribution in [2.45, 2.75) is 71.6 Å². The highest BCUT2D eigenvalue weighted by atomic mass is 32.2. The average molecular weight is 551 g/mol. The molecule has 10 heteroatoms. The van der Waals surface area contributed by atoms with E-state index in [0.29, 0.717) is 11.6 Å². The molecule has 0 bridgehead atoms. The molecule has 39 heavy (non-hydrogen) atoms. The van der Waals surface area contributed by atoms with Crippen LogP contribution in [0.25, 0.3) is 11.1 Å². The van der Waals surface area contributed by atoms with Gasteiger partial charge in [-0.1, -0.05) is 62.6 Å². The second-order valence-electron chi connectivity index (χ2n) is 11.2. The Labute approximate surface area is 231 Å². The van der Waals surface area contributed by atoms with Crippen LogP contribution in [0.15, 0.2) is 55.0 Å². The Bertz CT molecular complexity index is 1350. The highest BCUT2D eigenvalue weighted by molar-refractivity contribution is 7.89. The number of pyridine rings is 1. The van der Waals surface area contributed by atoms with E-state index in [9.17, 15) is 13.2 Å². The van der Waals surface area contributed by atoms with Crippen molar-refractivity contribution >= 4 is 15.9 Å². The van der Waals surface area contributed by atoms with Gasteiger partial charge in [-0.3, -0.25) is 14.5 Å². The third-order valence-electron chi connectivity index (χ3n) is 7.90. The van der Waals surface area contributed by atoms with E-state index in [1.807, 2.05) is 61.1 Å². The van der Waals surface area contributed by atoms with Crippen molar-refractivity contribution in [3.8, 4) is 11.1 Å².